The number of methoxy groups -OCH3 is 1. The molecule has 1 rings (SSSR count). The van der Waals surface area contributed by atoms with Crippen molar-refractivity contribution in [2.45, 2.75) is 0 Å². The van der Waals surface area contributed by atoms with Gasteiger partial charge in [-0.05, 0) is 18.2 Å². The van der Waals surface area contributed by atoms with E-state index >= 15 is 0 Å². The van der Waals surface area contributed by atoms with Crippen molar-refractivity contribution >= 4 is 21.8 Å². The molecule has 1 amide bonds. The second-order valence-electron chi connectivity index (χ2n) is 2.91. The molecule has 0 radical (unpaired) electrons. The molecule has 0 aromatic heterocycles. The van der Waals surface area contributed by atoms with Gasteiger partial charge in [0.25, 0.3) is 5.91 Å². The molecule has 0 aliphatic carbocycles. The number of ether oxygens (including phenoxy) is 1. The Hall–Kier alpha value is -1.07. The molecule has 0 aliphatic rings. The van der Waals surface area contributed by atoms with Crippen LogP contribution in [0.1, 0.15) is 10.4 Å². The summed E-state index contributed by atoms with van der Waals surface area (Å²) in [7, 11) is 1.56. The zero-order valence-electron chi connectivity index (χ0n) is 8.29. The highest BCUT2D eigenvalue weighted by Gasteiger charge is 2.10. The fourth-order valence-corrected chi connectivity index (χ4v) is 1.41. The predicted molar refractivity (Wildman–Crippen MR) is 60.0 cm³/mol. The number of benzene rings is 1. The first kappa shape index (κ1) is 12.0. The van der Waals surface area contributed by atoms with Crippen LogP contribution in [0.4, 0.5) is 0 Å². The van der Waals surface area contributed by atoms with E-state index in [1.165, 1.54) is 6.07 Å². The summed E-state index contributed by atoms with van der Waals surface area (Å²) < 4.78 is 5.54. The van der Waals surface area contributed by atoms with E-state index in [0.717, 1.165) is 4.47 Å². The van der Waals surface area contributed by atoms with Crippen molar-refractivity contribution in [3.63, 3.8) is 0 Å². The lowest BCUT2D eigenvalue weighted by atomic mass is 10.2. The summed E-state index contributed by atoms with van der Waals surface area (Å²) in [6.07, 6.45) is 0. The molecule has 0 saturated heterocycles. The maximum Gasteiger partial charge on any atom is 0.255 e. The van der Waals surface area contributed by atoms with Crippen molar-refractivity contribution in [3.05, 3.63) is 28.2 Å². The highest BCUT2D eigenvalue weighted by atomic mass is 79.9. The standard InChI is InChI=1S/C10H12BrNO3/c1-15-5-4-12-10(14)8-6-7(11)2-3-9(8)13/h2-3,6,13H,4-5H2,1H3,(H,12,14). The summed E-state index contributed by atoms with van der Waals surface area (Å²) in [4.78, 5) is 11.5. The summed E-state index contributed by atoms with van der Waals surface area (Å²) in [5.74, 6) is -0.348. The van der Waals surface area contributed by atoms with Gasteiger partial charge in [-0.3, -0.25) is 4.79 Å². The smallest absolute Gasteiger partial charge is 0.255 e. The van der Waals surface area contributed by atoms with Crippen LogP contribution in [0, 0.1) is 0 Å². The number of nitrogens with one attached hydrogen (secondary N) is 1. The van der Waals surface area contributed by atoms with E-state index in [9.17, 15) is 9.90 Å². The summed E-state index contributed by atoms with van der Waals surface area (Å²) >= 11 is 3.23. The van der Waals surface area contributed by atoms with Gasteiger partial charge < -0.3 is 15.2 Å². The van der Waals surface area contributed by atoms with Crippen LogP contribution >= 0.6 is 15.9 Å². The largest absolute Gasteiger partial charge is 0.507 e. The van der Waals surface area contributed by atoms with Gasteiger partial charge >= 0.3 is 0 Å². The molecule has 5 heteroatoms. The summed E-state index contributed by atoms with van der Waals surface area (Å²) in [5.41, 5.74) is 0.250. The van der Waals surface area contributed by atoms with Gasteiger partial charge in [-0.1, -0.05) is 15.9 Å². The molecular weight excluding hydrogens is 262 g/mol. The van der Waals surface area contributed by atoms with E-state index < -0.39 is 0 Å². The monoisotopic (exact) mass is 273 g/mol. The van der Waals surface area contributed by atoms with Crippen LogP contribution in [-0.2, 0) is 4.74 Å². The molecule has 0 spiro atoms. The molecular formula is C10H12BrNO3. The van der Waals surface area contributed by atoms with Gasteiger partial charge in [-0.2, -0.15) is 0 Å². The zero-order valence-corrected chi connectivity index (χ0v) is 9.87. The zero-order chi connectivity index (χ0) is 11.3. The Labute approximate surface area is 96.4 Å². The van der Waals surface area contributed by atoms with Crippen LogP contribution in [0.5, 0.6) is 5.75 Å². The second kappa shape index (κ2) is 5.72. The van der Waals surface area contributed by atoms with Gasteiger partial charge in [-0.15, -0.1) is 0 Å². The number of hydrogen-bond donors (Lipinski definition) is 2. The number of amides is 1. The van der Waals surface area contributed by atoms with Crippen molar-refractivity contribution in [2.24, 2.45) is 0 Å². The van der Waals surface area contributed by atoms with Crippen molar-refractivity contribution < 1.29 is 14.6 Å². The average Bonchev–Trinajstić information content (AvgIpc) is 2.22. The number of hydrogen-bond acceptors (Lipinski definition) is 3. The minimum absolute atomic E-state index is 0.0342. The number of carbonyl (C=O) groups excluding carboxylic acids is 1. The molecule has 1 aromatic carbocycles. The molecule has 0 heterocycles. The highest BCUT2D eigenvalue weighted by Crippen LogP contribution is 2.21. The molecule has 15 heavy (non-hydrogen) atoms. The van der Waals surface area contributed by atoms with Crippen LogP contribution in [-0.4, -0.2) is 31.3 Å². The van der Waals surface area contributed by atoms with Crippen molar-refractivity contribution in [2.75, 3.05) is 20.3 Å². The van der Waals surface area contributed by atoms with Crippen LogP contribution in [0.25, 0.3) is 0 Å². The van der Waals surface area contributed by atoms with Gasteiger partial charge in [0.1, 0.15) is 5.75 Å². The average molecular weight is 274 g/mol. The Kier molecular flexibility index (Phi) is 4.58. The third-order valence-corrected chi connectivity index (χ3v) is 2.29. The summed E-state index contributed by atoms with van der Waals surface area (Å²) in [5, 5.41) is 12.1. The molecule has 1 aromatic rings. The van der Waals surface area contributed by atoms with E-state index in [4.69, 9.17) is 4.74 Å². The SMILES string of the molecule is COCCNC(=O)c1cc(Br)ccc1O. The molecule has 2 N–H and O–H groups in total. The fraction of sp³-hybridized carbons (Fsp3) is 0.300. The Morgan fingerprint density at radius 2 is 2.33 bits per heavy atom. The molecule has 0 aliphatic heterocycles. The van der Waals surface area contributed by atoms with Gasteiger partial charge in [0.15, 0.2) is 0 Å². The van der Waals surface area contributed by atoms with E-state index in [1.54, 1.807) is 19.2 Å². The number of rotatable bonds is 4. The van der Waals surface area contributed by atoms with Crippen molar-refractivity contribution in [3.8, 4) is 5.75 Å². The normalized spacial score (nSPS) is 10.0. The van der Waals surface area contributed by atoms with Crippen molar-refractivity contribution in [1.82, 2.24) is 5.32 Å². The lowest BCUT2D eigenvalue weighted by molar-refractivity contribution is 0.0934. The van der Waals surface area contributed by atoms with E-state index in [1.807, 2.05) is 0 Å². The van der Waals surface area contributed by atoms with E-state index in [0.29, 0.717) is 13.2 Å². The predicted octanol–water partition coefficient (Wildman–Crippen LogP) is 1.53. The molecule has 0 saturated carbocycles. The van der Waals surface area contributed by atoms with E-state index in [2.05, 4.69) is 21.2 Å². The van der Waals surface area contributed by atoms with Crippen LogP contribution in [0.3, 0.4) is 0 Å². The van der Waals surface area contributed by atoms with Crippen LogP contribution < -0.4 is 5.32 Å². The van der Waals surface area contributed by atoms with Gasteiger partial charge in [-0.25, -0.2) is 0 Å². The number of carbonyl (C=O) groups is 1. The molecule has 4 nitrogen and oxygen atoms in total. The molecule has 0 fully saturated rings. The minimum Gasteiger partial charge on any atom is -0.507 e. The second-order valence-corrected chi connectivity index (χ2v) is 3.83. The van der Waals surface area contributed by atoms with Gasteiger partial charge in [0.2, 0.25) is 0 Å². The van der Waals surface area contributed by atoms with E-state index in [-0.39, 0.29) is 17.2 Å². The molecule has 0 unspecified atom stereocenters. The molecule has 0 atom stereocenters. The fourth-order valence-electron chi connectivity index (χ4n) is 1.05. The van der Waals surface area contributed by atoms with Gasteiger partial charge in [0, 0.05) is 18.1 Å². The highest BCUT2D eigenvalue weighted by molar-refractivity contribution is 9.10. The lowest BCUT2D eigenvalue weighted by Crippen LogP contribution is -2.26. The Bertz CT molecular complexity index is 355. The summed E-state index contributed by atoms with van der Waals surface area (Å²) in [6, 6.07) is 4.70. The Balaban J connectivity index is 2.68. The maximum atomic E-state index is 11.5. The number of aromatic hydroxyl groups is 1. The van der Waals surface area contributed by atoms with Crippen molar-refractivity contribution in [1.29, 1.82) is 0 Å². The molecule has 0 bridgehead atoms. The quantitative estimate of drug-likeness (QED) is 0.819. The van der Waals surface area contributed by atoms with Crippen LogP contribution in [0.15, 0.2) is 22.7 Å². The van der Waals surface area contributed by atoms with Gasteiger partial charge in [0.05, 0.1) is 12.2 Å². The molecule has 82 valence electrons. The Morgan fingerprint density at radius 1 is 1.60 bits per heavy atom. The Morgan fingerprint density at radius 3 is 3.00 bits per heavy atom. The third kappa shape index (κ3) is 3.53. The maximum absolute atomic E-state index is 11.5. The summed E-state index contributed by atoms with van der Waals surface area (Å²) in [6.45, 7) is 0.863. The minimum atomic E-state index is -0.314. The number of phenolic OH excluding ortho intramolecular Hbond substituents is 1. The first-order valence-corrected chi connectivity index (χ1v) is 5.20. The lowest BCUT2D eigenvalue weighted by Gasteiger charge is -2.06. The first-order chi connectivity index (χ1) is 7.15. The number of phenols is 1. The third-order valence-electron chi connectivity index (χ3n) is 1.79. The van der Waals surface area contributed by atoms with Crippen LogP contribution in [0.2, 0.25) is 0 Å². The first-order valence-electron chi connectivity index (χ1n) is 4.41. The number of halogens is 1. The topological polar surface area (TPSA) is 58.6 Å².